The summed E-state index contributed by atoms with van der Waals surface area (Å²) in [5.74, 6) is 0.417. The van der Waals surface area contributed by atoms with Gasteiger partial charge in [0, 0.05) is 18.0 Å². The minimum Gasteiger partial charge on any atom is -0.461 e. The first-order valence-corrected chi connectivity index (χ1v) is 8.91. The topological polar surface area (TPSA) is 48.3 Å². The number of aromatic nitrogens is 1. The Balaban J connectivity index is 1.44. The van der Waals surface area contributed by atoms with E-state index < -0.39 is 0 Å². The third kappa shape index (κ3) is 4.32. The number of esters is 1. The lowest BCUT2D eigenvalue weighted by atomic mass is 9.82. The average molecular weight is 331 g/mol. The van der Waals surface area contributed by atoms with Gasteiger partial charge in [-0.1, -0.05) is 41.9 Å². The van der Waals surface area contributed by atoms with Crippen LogP contribution in [0.3, 0.4) is 0 Å². The van der Waals surface area contributed by atoms with Crippen molar-refractivity contribution in [2.24, 2.45) is 11.8 Å². The standard InChI is InChI=1S/C18H21NO3S/c20-17-10-11-23-19(17)12-14-6-8-16(9-7-14)18(21)22-13-15-4-2-1-3-5-15/h1-5,10-11,14,16H,6-9,12-13H2. The molecule has 1 aliphatic carbocycles. The van der Waals surface area contributed by atoms with Gasteiger partial charge in [0.15, 0.2) is 0 Å². The molecule has 1 aliphatic rings. The molecule has 0 unspecified atom stereocenters. The van der Waals surface area contributed by atoms with Crippen LogP contribution in [0.5, 0.6) is 0 Å². The van der Waals surface area contributed by atoms with Gasteiger partial charge in [-0.15, -0.1) is 0 Å². The van der Waals surface area contributed by atoms with Crippen LogP contribution in [0.15, 0.2) is 46.6 Å². The van der Waals surface area contributed by atoms with Gasteiger partial charge in [0.25, 0.3) is 5.56 Å². The van der Waals surface area contributed by atoms with Crippen molar-refractivity contribution >= 4 is 17.5 Å². The Kier molecular flexibility index (Phi) is 5.28. The summed E-state index contributed by atoms with van der Waals surface area (Å²) < 4.78 is 7.24. The number of hydrogen-bond acceptors (Lipinski definition) is 4. The lowest BCUT2D eigenvalue weighted by Crippen LogP contribution is -2.27. The van der Waals surface area contributed by atoms with Crippen LogP contribution in [0, 0.1) is 11.8 Å². The molecule has 0 radical (unpaired) electrons. The Hall–Kier alpha value is -1.88. The summed E-state index contributed by atoms with van der Waals surface area (Å²) in [6.07, 6.45) is 3.68. The van der Waals surface area contributed by atoms with E-state index in [2.05, 4.69) is 0 Å². The summed E-state index contributed by atoms with van der Waals surface area (Å²) in [5, 5.41) is 1.83. The van der Waals surface area contributed by atoms with E-state index in [0.717, 1.165) is 37.8 Å². The van der Waals surface area contributed by atoms with Crippen molar-refractivity contribution in [1.82, 2.24) is 3.96 Å². The highest BCUT2D eigenvalue weighted by atomic mass is 32.1. The molecule has 0 atom stereocenters. The van der Waals surface area contributed by atoms with Crippen molar-refractivity contribution in [1.29, 1.82) is 0 Å². The zero-order valence-corrected chi connectivity index (χ0v) is 13.8. The monoisotopic (exact) mass is 331 g/mol. The van der Waals surface area contributed by atoms with Gasteiger partial charge in [-0.2, -0.15) is 0 Å². The first-order chi connectivity index (χ1) is 11.2. The number of nitrogens with zero attached hydrogens (tertiary/aromatic N) is 1. The molecule has 2 aromatic rings. The van der Waals surface area contributed by atoms with Crippen LogP contribution in [0.1, 0.15) is 31.2 Å². The van der Waals surface area contributed by atoms with Crippen molar-refractivity contribution in [2.45, 2.75) is 38.8 Å². The second-order valence-corrected chi connectivity index (χ2v) is 7.04. The van der Waals surface area contributed by atoms with Gasteiger partial charge in [-0.05, 0) is 37.2 Å². The molecule has 0 bridgehead atoms. The molecule has 1 saturated carbocycles. The summed E-state index contributed by atoms with van der Waals surface area (Å²) in [6.45, 7) is 1.13. The van der Waals surface area contributed by atoms with E-state index in [9.17, 15) is 9.59 Å². The summed E-state index contributed by atoms with van der Waals surface area (Å²) in [4.78, 5) is 23.8. The predicted octanol–water partition coefficient (Wildman–Crippen LogP) is 3.46. The fourth-order valence-electron chi connectivity index (χ4n) is 3.09. The normalized spacial score (nSPS) is 21.0. The smallest absolute Gasteiger partial charge is 0.309 e. The lowest BCUT2D eigenvalue weighted by Gasteiger charge is -2.27. The number of carbonyl (C=O) groups is 1. The SMILES string of the molecule is O=C(OCc1ccccc1)C1CCC(Cn2sccc2=O)CC1. The third-order valence-corrected chi connectivity index (χ3v) is 5.31. The number of carbonyl (C=O) groups excluding carboxylic acids is 1. The third-order valence-electron chi connectivity index (χ3n) is 4.47. The molecule has 3 rings (SSSR count). The second-order valence-electron chi connectivity index (χ2n) is 6.12. The molecule has 0 N–H and O–H groups in total. The van der Waals surface area contributed by atoms with Crippen molar-refractivity contribution in [2.75, 3.05) is 0 Å². The molecule has 1 aromatic heterocycles. The minimum atomic E-state index is -0.0828. The molecule has 5 heteroatoms. The van der Waals surface area contributed by atoms with Crippen LogP contribution < -0.4 is 5.56 Å². The van der Waals surface area contributed by atoms with Gasteiger partial charge < -0.3 is 4.74 Å². The van der Waals surface area contributed by atoms with Crippen LogP contribution in [-0.4, -0.2) is 9.93 Å². The largest absolute Gasteiger partial charge is 0.461 e. The molecule has 1 fully saturated rings. The second kappa shape index (κ2) is 7.59. The van der Waals surface area contributed by atoms with Crippen LogP contribution in [0.4, 0.5) is 0 Å². The van der Waals surface area contributed by atoms with E-state index in [1.54, 1.807) is 10.0 Å². The summed E-state index contributed by atoms with van der Waals surface area (Å²) in [6, 6.07) is 11.4. The molecule has 23 heavy (non-hydrogen) atoms. The summed E-state index contributed by atoms with van der Waals surface area (Å²) in [5.41, 5.74) is 1.10. The maximum Gasteiger partial charge on any atom is 0.309 e. The van der Waals surface area contributed by atoms with E-state index in [4.69, 9.17) is 4.74 Å². The Labute approximate surface area is 139 Å². The van der Waals surface area contributed by atoms with Crippen LogP contribution in [0.25, 0.3) is 0 Å². The molecule has 0 saturated heterocycles. The maximum absolute atomic E-state index is 12.2. The van der Waals surface area contributed by atoms with Crippen molar-refractivity contribution < 1.29 is 9.53 Å². The molecular weight excluding hydrogens is 310 g/mol. The molecule has 0 spiro atoms. The van der Waals surface area contributed by atoms with Crippen molar-refractivity contribution in [3.05, 3.63) is 57.7 Å². The fraction of sp³-hybridized carbons (Fsp3) is 0.444. The summed E-state index contributed by atoms with van der Waals surface area (Å²) >= 11 is 1.47. The molecule has 1 aromatic carbocycles. The fourth-order valence-corrected chi connectivity index (χ4v) is 3.88. The first kappa shape index (κ1) is 16.0. The van der Waals surface area contributed by atoms with E-state index in [-0.39, 0.29) is 17.4 Å². The molecule has 4 nitrogen and oxygen atoms in total. The number of benzene rings is 1. The quantitative estimate of drug-likeness (QED) is 0.788. The Bertz CT molecular complexity index is 684. The van der Waals surface area contributed by atoms with Gasteiger partial charge in [-0.25, -0.2) is 0 Å². The molecule has 122 valence electrons. The zero-order chi connectivity index (χ0) is 16.1. The molecular formula is C18H21NO3S. The highest BCUT2D eigenvalue weighted by molar-refractivity contribution is 7.04. The molecule has 0 aliphatic heterocycles. The minimum absolute atomic E-state index is 0.00928. The van der Waals surface area contributed by atoms with Crippen molar-refractivity contribution in [3.8, 4) is 0 Å². The Morgan fingerprint density at radius 1 is 1.13 bits per heavy atom. The lowest BCUT2D eigenvalue weighted by molar-refractivity contribution is -0.151. The molecule has 1 heterocycles. The van der Waals surface area contributed by atoms with Crippen molar-refractivity contribution in [3.63, 3.8) is 0 Å². The highest BCUT2D eigenvalue weighted by Gasteiger charge is 2.27. The van der Waals surface area contributed by atoms with Gasteiger partial charge in [0.2, 0.25) is 0 Å². The van der Waals surface area contributed by atoms with Gasteiger partial charge in [-0.3, -0.25) is 13.5 Å². The first-order valence-electron chi connectivity index (χ1n) is 8.08. The van der Waals surface area contributed by atoms with Gasteiger partial charge in [0.05, 0.1) is 5.92 Å². The van der Waals surface area contributed by atoms with Crippen LogP contribution in [0.2, 0.25) is 0 Å². The maximum atomic E-state index is 12.2. The Morgan fingerprint density at radius 3 is 2.52 bits per heavy atom. The Morgan fingerprint density at radius 2 is 1.87 bits per heavy atom. The molecule has 0 amide bonds. The predicted molar refractivity (Wildman–Crippen MR) is 90.3 cm³/mol. The van der Waals surface area contributed by atoms with Crippen LogP contribution in [-0.2, 0) is 22.7 Å². The van der Waals surface area contributed by atoms with E-state index in [1.165, 1.54) is 11.5 Å². The number of rotatable bonds is 5. The van der Waals surface area contributed by atoms with E-state index in [1.807, 2.05) is 35.7 Å². The van der Waals surface area contributed by atoms with E-state index >= 15 is 0 Å². The van der Waals surface area contributed by atoms with Gasteiger partial charge >= 0.3 is 5.97 Å². The highest BCUT2D eigenvalue weighted by Crippen LogP contribution is 2.30. The summed E-state index contributed by atoms with van der Waals surface area (Å²) in [7, 11) is 0. The average Bonchev–Trinajstić information content (AvgIpc) is 2.99. The van der Waals surface area contributed by atoms with Gasteiger partial charge in [0.1, 0.15) is 6.61 Å². The van der Waals surface area contributed by atoms with Crippen LogP contribution >= 0.6 is 11.5 Å². The number of ether oxygens (including phenoxy) is 1. The zero-order valence-electron chi connectivity index (χ0n) is 13.0. The number of hydrogen-bond donors (Lipinski definition) is 0. The van der Waals surface area contributed by atoms with E-state index in [0.29, 0.717) is 12.5 Å².